The normalized spacial score (nSPS) is 11.8. The van der Waals surface area contributed by atoms with Crippen molar-refractivity contribution in [2.24, 2.45) is 0 Å². The first kappa shape index (κ1) is 29.5. The fraction of sp³-hybridized carbons (Fsp3) is 0. The van der Waals surface area contributed by atoms with Gasteiger partial charge < -0.3 is 4.57 Å². The highest BCUT2D eigenvalue weighted by Gasteiger charge is 2.18. The van der Waals surface area contributed by atoms with Gasteiger partial charge in [0.25, 0.3) is 0 Å². The third-order valence-corrected chi connectivity index (χ3v) is 10.7. The summed E-state index contributed by atoms with van der Waals surface area (Å²) in [5, 5.41) is 11.1. The van der Waals surface area contributed by atoms with Gasteiger partial charge in [0.15, 0.2) is 5.82 Å². The van der Waals surface area contributed by atoms with Crippen LogP contribution in [0, 0.1) is 0 Å². The molecule has 0 aliphatic rings. The quantitative estimate of drug-likeness (QED) is 0.175. The first-order valence-electron chi connectivity index (χ1n) is 17.9. The van der Waals surface area contributed by atoms with Gasteiger partial charge in [-0.3, -0.25) is 0 Å². The van der Waals surface area contributed by atoms with E-state index in [9.17, 15) is 0 Å². The summed E-state index contributed by atoms with van der Waals surface area (Å²) >= 11 is 0. The highest BCUT2D eigenvalue weighted by Crippen LogP contribution is 2.43. The molecule has 4 nitrogen and oxygen atoms in total. The van der Waals surface area contributed by atoms with E-state index in [0.717, 1.165) is 39.2 Å². The fourth-order valence-corrected chi connectivity index (χ4v) is 8.24. The molecule has 0 spiro atoms. The summed E-state index contributed by atoms with van der Waals surface area (Å²) in [6, 6.07) is 60.3. The van der Waals surface area contributed by atoms with Crippen LogP contribution in [0.1, 0.15) is 0 Å². The summed E-state index contributed by atoms with van der Waals surface area (Å²) in [5.74, 6) is 0.699. The van der Waals surface area contributed by atoms with Crippen molar-refractivity contribution in [3.8, 4) is 39.5 Å². The second-order valence-corrected chi connectivity index (χ2v) is 13.6. The maximum Gasteiger partial charge on any atom is 0.159 e. The number of para-hydroxylation sites is 3. The molecular formula is C49H30N4. The molecule has 4 heteroatoms. The largest absolute Gasteiger partial charge is 0.309 e. The zero-order chi connectivity index (χ0) is 34.9. The molecule has 0 radical (unpaired) electrons. The molecule has 11 rings (SSSR count). The van der Waals surface area contributed by atoms with Crippen molar-refractivity contribution in [2.45, 2.75) is 0 Å². The Morgan fingerprint density at radius 3 is 1.43 bits per heavy atom. The lowest BCUT2D eigenvalue weighted by atomic mass is 9.90. The molecule has 0 N–H and O–H groups in total. The average Bonchev–Trinajstić information content (AvgIpc) is 3.58. The molecule has 0 aliphatic carbocycles. The van der Waals surface area contributed by atoms with Gasteiger partial charge in [-0.25, -0.2) is 15.0 Å². The van der Waals surface area contributed by atoms with Gasteiger partial charge in [0.1, 0.15) is 0 Å². The van der Waals surface area contributed by atoms with Gasteiger partial charge in [-0.2, -0.15) is 0 Å². The van der Waals surface area contributed by atoms with Crippen molar-refractivity contribution in [1.82, 2.24) is 19.5 Å². The van der Waals surface area contributed by atoms with E-state index in [0.29, 0.717) is 5.82 Å². The molecule has 246 valence electrons. The highest BCUT2D eigenvalue weighted by atomic mass is 15.0. The number of hydrogen-bond donors (Lipinski definition) is 0. The minimum atomic E-state index is 0.699. The van der Waals surface area contributed by atoms with Crippen LogP contribution in [0.4, 0.5) is 0 Å². The van der Waals surface area contributed by atoms with Gasteiger partial charge in [-0.1, -0.05) is 127 Å². The van der Waals surface area contributed by atoms with Crippen LogP contribution in [0.15, 0.2) is 182 Å². The van der Waals surface area contributed by atoms with E-state index < -0.39 is 0 Å². The maximum atomic E-state index is 5.30. The van der Waals surface area contributed by atoms with Gasteiger partial charge in [0, 0.05) is 61.7 Å². The van der Waals surface area contributed by atoms with Gasteiger partial charge in [0.2, 0.25) is 0 Å². The lowest BCUT2D eigenvalue weighted by molar-refractivity contribution is 1.16. The van der Waals surface area contributed by atoms with Crippen LogP contribution in [-0.2, 0) is 0 Å². The molecule has 8 aromatic carbocycles. The fourth-order valence-electron chi connectivity index (χ4n) is 8.24. The van der Waals surface area contributed by atoms with Crippen LogP contribution < -0.4 is 0 Å². The van der Waals surface area contributed by atoms with E-state index in [1.807, 2.05) is 12.4 Å². The van der Waals surface area contributed by atoms with E-state index in [1.54, 1.807) is 0 Å². The van der Waals surface area contributed by atoms with Crippen molar-refractivity contribution in [3.63, 3.8) is 0 Å². The number of hydrogen-bond acceptors (Lipinski definition) is 3. The van der Waals surface area contributed by atoms with E-state index in [1.165, 1.54) is 59.5 Å². The molecule has 0 atom stereocenters. The monoisotopic (exact) mass is 674 g/mol. The smallest absolute Gasteiger partial charge is 0.159 e. The Morgan fingerprint density at radius 1 is 0.340 bits per heavy atom. The SMILES string of the molecule is c1ccc2c(c1)nc(-c1ccc(-c3cnc(-c4ccc(-n5c6ccccc6c6ccccc65)cc4)nc3)cc1)c1c3ccccc3c3ccccc3c21. The first-order valence-corrected chi connectivity index (χ1v) is 17.9. The number of fused-ring (bicyclic) bond motifs is 11. The highest BCUT2D eigenvalue weighted by molar-refractivity contribution is 6.33. The minimum Gasteiger partial charge on any atom is -0.309 e. The molecule has 0 unspecified atom stereocenters. The number of benzene rings is 8. The second-order valence-electron chi connectivity index (χ2n) is 13.6. The van der Waals surface area contributed by atoms with Gasteiger partial charge >= 0.3 is 0 Å². The maximum absolute atomic E-state index is 5.30. The van der Waals surface area contributed by atoms with Crippen molar-refractivity contribution < 1.29 is 0 Å². The number of nitrogens with zero attached hydrogens (tertiary/aromatic N) is 4. The Labute approximate surface area is 305 Å². The van der Waals surface area contributed by atoms with E-state index in [2.05, 4.69) is 174 Å². The molecule has 3 heterocycles. The molecular weight excluding hydrogens is 645 g/mol. The molecule has 3 aromatic heterocycles. The molecule has 0 aliphatic heterocycles. The van der Waals surface area contributed by atoms with Crippen LogP contribution in [0.3, 0.4) is 0 Å². The number of aromatic nitrogens is 4. The Hall–Kier alpha value is -7.17. The molecule has 11 aromatic rings. The average molecular weight is 675 g/mol. The first-order chi connectivity index (χ1) is 26.3. The summed E-state index contributed by atoms with van der Waals surface area (Å²) in [6.45, 7) is 0. The van der Waals surface area contributed by atoms with E-state index >= 15 is 0 Å². The lowest BCUT2D eigenvalue weighted by Gasteiger charge is -2.16. The zero-order valence-electron chi connectivity index (χ0n) is 28.6. The van der Waals surface area contributed by atoms with Crippen LogP contribution in [-0.4, -0.2) is 19.5 Å². The van der Waals surface area contributed by atoms with Crippen LogP contribution >= 0.6 is 0 Å². The molecule has 0 bridgehead atoms. The van der Waals surface area contributed by atoms with E-state index in [-0.39, 0.29) is 0 Å². The summed E-state index contributed by atoms with van der Waals surface area (Å²) in [4.78, 5) is 14.9. The molecule has 0 saturated carbocycles. The molecule has 0 saturated heterocycles. The van der Waals surface area contributed by atoms with Crippen LogP contribution in [0.25, 0.3) is 104 Å². The van der Waals surface area contributed by atoms with Crippen LogP contribution in [0.5, 0.6) is 0 Å². The van der Waals surface area contributed by atoms with Crippen molar-refractivity contribution in [2.75, 3.05) is 0 Å². The predicted molar refractivity (Wildman–Crippen MR) is 220 cm³/mol. The third-order valence-electron chi connectivity index (χ3n) is 10.7. The van der Waals surface area contributed by atoms with Crippen molar-refractivity contribution in [3.05, 3.63) is 182 Å². The Balaban J connectivity index is 0.954. The number of rotatable bonds is 4. The Kier molecular flexibility index (Phi) is 6.52. The summed E-state index contributed by atoms with van der Waals surface area (Å²) in [6.07, 6.45) is 3.84. The molecule has 0 amide bonds. The summed E-state index contributed by atoms with van der Waals surface area (Å²) in [5.41, 5.74) is 9.56. The zero-order valence-corrected chi connectivity index (χ0v) is 28.6. The van der Waals surface area contributed by atoms with Crippen molar-refractivity contribution >= 4 is 65.0 Å². The predicted octanol–water partition coefficient (Wildman–Crippen LogP) is 12.6. The standard InChI is InChI=1S/C49H30N4/c1-3-15-40-36(11-1)37-12-2-4-16-41(37)47-46(40)42-17-5-8-18-43(42)52-48(47)32-23-21-31(22-24-32)34-29-50-49(51-30-34)33-25-27-35(28-26-33)53-44-19-9-6-13-38(44)39-14-7-10-20-45(39)53/h1-30H. The third kappa shape index (κ3) is 4.59. The molecule has 53 heavy (non-hydrogen) atoms. The van der Waals surface area contributed by atoms with Gasteiger partial charge in [0.05, 0.1) is 22.2 Å². The lowest BCUT2D eigenvalue weighted by Crippen LogP contribution is -1.95. The summed E-state index contributed by atoms with van der Waals surface area (Å²) in [7, 11) is 0. The van der Waals surface area contributed by atoms with Gasteiger partial charge in [-0.15, -0.1) is 0 Å². The Morgan fingerprint density at radius 2 is 0.811 bits per heavy atom. The topological polar surface area (TPSA) is 43.6 Å². The van der Waals surface area contributed by atoms with E-state index in [4.69, 9.17) is 15.0 Å². The Bertz CT molecular complexity index is 3140. The summed E-state index contributed by atoms with van der Waals surface area (Å²) < 4.78 is 2.32. The van der Waals surface area contributed by atoms with Gasteiger partial charge in [-0.05, 0) is 69.6 Å². The molecule has 0 fully saturated rings. The van der Waals surface area contributed by atoms with Crippen LogP contribution in [0.2, 0.25) is 0 Å². The number of pyridine rings is 1. The minimum absolute atomic E-state index is 0.699. The van der Waals surface area contributed by atoms with Crippen molar-refractivity contribution in [1.29, 1.82) is 0 Å². The second kappa shape index (κ2) is 11.7.